The Kier molecular flexibility index (Phi) is 8.64. The first-order valence-electron chi connectivity index (χ1n) is 14.0. The summed E-state index contributed by atoms with van der Waals surface area (Å²) >= 11 is 0. The van der Waals surface area contributed by atoms with Gasteiger partial charge >= 0.3 is 5.97 Å². The van der Waals surface area contributed by atoms with Crippen molar-refractivity contribution >= 4 is 17.6 Å². The van der Waals surface area contributed by atoms with Crippen LogP contribution < -0.4 is 5.32 Å². The second-order valence-corrected chi connectivity index (χ2v) is 10.7. The molecule has 1 saturated heterocycles. The molecular formula is C34H35FN2O4. The number of esters is 1. The number of hydrogen-bond acceptors (Lipinski definition) is 4. The number of benzene rings is 3. The van der Waals surface area contributed by atoms with Crippen molar-refractivity contribution in [3.8, 4) is 22.4 Å². The lowest BCUT2D eigenvalue weighted by Crippen LogP contribution is -2.34. The molecule has 1 aromatic heterocycles. The summed E-state index contributed by atoms with van der Waals surface area (Å²) in [5.74, 6) is -0.844. The molecule has 1 N–H and O–H groups in total. The van der Waals surface area contributed by atoms with Crippen LogP contribution in [0, 0.1) is 5.82 Å². The molecule has 2 heterocycles. The molecule has 1 aliphatic heterocycles. The number of hydrogen-bond donors (Lipinski definition) is 1. The van der Waals surface area contributed by atoms with Crippen LogP contribution in [0.5, 0.6) is 0 Å². The molecule has 7 heteroatoms. The second-order valence-electron chi connectivity index (χ2n) is 10.7. The van der Waals surface area contributed by atoms with E-state index in [2.05, 4.69) is 23.7 Å². The Morgan fingerprint density at radius 3 is 2.29 bits per heavy atom. The zero-order chi connectivity index (χ0) is 28.9. The van der Waals surface area contributed by atoms with E-state index in [-0.39, 0.29) is 42.2 Å². The first kappa shape index (κ1) is 28.3. The first-order chi connectivity index (χ1) is 19.9. The van der Waals surface area contributed by atoms with Crippen LogP contribution in [0.3, 0.4) is 0 Å². The maximum Gasteiger partial charge on any atom is 0.308 e. The Morgan fingerprint density at radius 1 is 1.00 bits per heavy atom. The minimum absolute atomic E-state index is 0.0242. The van der Waals surface area contributed by atoms with Crippen molar-refractivity contribution in [2.75, 3.05) is 12.4 Å². The van der Waals surface area contributed by atoms with Crippen LogP contribution in [0.15, 0.2) is 84.9 Å². The van der Waals surface area contributed by atoms with Gasteiger partial charge in [-0.1, -0.05) is 62.4 Å². The van der Waals surface area contributed by atoms with Crippen molar-refractivity contribution in [3.63, 3.8) is 0 Å². The standard InChI is InChI=1S/C34H35FN2O4/c1-22(2)32-31(34(39)36-26-12-8-5-9-13-26)30(23-10-6-4-7-11-23)33(24-14-16-25(35)17-15-24)37(32)19-18-27-20-28(40-3)21-29(38)41-27/h4-17,22,27-28H,18-21H2,1-3H3,(H,36,39). The molecule has 0 saturated carbocycles. The van der Waals surface area contributed by atoms with Crippen molar-refractivity contribution < 1.29 is 23.5 Å². The van der Waals surface area contributed by atoms with E-state index in [0.29, 0.717) is 30.6 Å². The number of carbonyl (C=O) groups excluding carboxylic acids is 2. The minimum Gasteiger partial charge on any atom is -0.462 e. The van der Waals surface area contributed by atoms with Gasteiger partial charge in [0.1, 0.15) is 11.9 Å². The molecule has 1 fully saturated rings. The van der Waals surface area contributed by atoms with E-state index in [1.165, 1.54) is 12.1 Å². The third-order valence-corrected chi connectivity index (χ3v) is 7.52. The van der Waals surface area contributed by atoms with Crippen molar-refractivity contribution in [2.24, 2.45) is 0 Å². The van der Waals surface area contributed by atoms with Gasteiger partial charge in [0.15, 0.2) is 0 Å². The summed E-state index contributed by atoms with van der Waals surface area (Å²) in [4.78, 5) is 26.4. The molecule has 1 amide bonds. The number of anilines is 1. The highest BCUT2D eigenvalue weighted by molar-refractivity contribution is 6.12. The number of halogens is 1. The molecule has 3 aromatic carbocycles. The predicted molar refractivity (Wildman–Crippen MR) is 158 cm³/mol. The second kappa shape index (κ2) is 12.5. The quantitative estimate of drug-likeness (QED) is 0.218. The number of cyclic esters (lactones) is 1. The Hall–Kier alpha value is -4.23. The lowest BCUT2D eigenvalue weighted by atomic mass is 9.94. The Morgan fingerprint density at radius 2 is 1.66 bits per heavy atom. The van der Waals surface area contributed by atoms with Gasteiger partial charge in [0.25, 0.3) is 5.91 Å². The van der Waals surface area contributed by atoms with Crippen molar-refractivity contribution in [1.29, 1.82) is 0 Å². The smallest absolute Gasteiger partial charge is 0.308 e. The Balaban J connectivity index is 1.69. The van der Waals surface area contributed by atoms with Gasteiger partial charge in [-0.05, 0) is 53.4 Å². The number of nitrogens with one attached hydrogen (secondary N) is 1. The molecule has 5 rings (SSSR count). The van der Waals surface area contributed by atoms with E-state index in [1.54, 1.807) is 19.2 Å². The number of aromatic nitrogens is 1. The maximum absolute atomic E-state index is 14.1. The highest BCUT2D eigenvalue weighted by atomic mass is 19.1. The van der Waals surface area contributed by atoms with Crippen LogP contribution in [0.25, 0.3) is 22.4 Å². The highest BCUT2D eigenvalue weighted by Crippen LogP contribution is 2.43. The topological polar surface area (TPSA) is 69.6 Å². The largest absolute Gasteiger partial charge is 0.462 e. The molecule has 1 aliphatic rings. The van der Waals surface area contributed by atoms with Crippen LogP contribution in [-0.2, 0) is 20.8 Å². The molecule has 4 aromatic rings. The summed E-state index contributed by atoms with van der Waals surface area (Å²) < 4.78 is 27.4. The van der Waals surface area contributed by atoms with E-state index in [9.17, 15) is 14.0 Å². The molecule has 0 bridgehead atoms. The lowest BCUT2D eigenvalue weighted by Gasteiger charge is -2.28. The lowest BCUT2D eigenvalue weighted by molar-refractivity contribution is -0.162. The van der Waals surface area contributed by atoms with Gasteiger partial charge in [0.05, 0.1) is 23.8 Å². The van der Waals surface area contributed by atoms with Gasteiger partial charge in [0.2, 0.25) is 0 Å². The third kappa shape index (κ3) is 6.25. The number of carbonyl (C=O) groups is 2. The molecule has 2 unspecified atom stereocenters. The summed E-state index contributed by atoms with van der Waals surface area (Å²) in [5.41, 5.74) is 5.41. The molecule has 0 spiro atoms. The number of para-hydroxylation sites is 1. The fourth-order valence-electron chi connectivity index (χ4n) is 5.68. The van der Waals surface area contributed by atoms with Crippen molar-refractivity contribution in [1.82, 2.24) is 4.57 Å². The molecular weight excluding hydrogens is 519 g/mol. The zero-order valence-electron chi connectivity index (χ0n) is 23.6. The van der Waals surface area contributed by atoms with Gasteiger partial charge in [-0.25, -0.2) is 4.39 Å². The van der Waals surface area contributed by atoms with Crippen LogP contribution in [-0.4, -0.2) is 35.8 Å². The minimum atomic E-state index is -0.334. The Bertz CT molecular complexity index is 1500. The van der Waals surface area contributed by atoms with Crippen LogP contribution in [0.4, 0.5) is 10.1 Å². The fourth-order valence-corrected chi connectivity index (χ4v) is 5.68. The summed E-state index contributed by atoms with van der Waals surface area (Å²) in [6.45, 7) is 4.62. The van der Waals surface area contributed by atoms with Gasteiger partial charge in [-0.15, -0.1) is 0 Å². The van der Waals surface area contributed by atoms with Gasteiger partial charge in [-0.2, -0.15) is 0 Å². The summed E-state index contributed by atoms with van der Waals surface area (Å²) in [5, 5.41) is 3.09. The zero-order valence-corrected chi connectivity index (χ0v) is 23.6. The molecule has 41 heavy (non-hydrogen) atoms. The summed E-state index contributed by atoms with van der Waals surface area (Å²) in [6.07, 6.45) is 0.906. The monoisotopic (exact) mass is 554 g/mol. The van der Waals surface area contributed by atoms with Crippen molar-refractivity contribution in [2.45, 2.75) is 57.8 Å². The highest BCUT2D eigenvalue weighted by Gasteiger charge is 2.32. The number of nitrogens with zero attached hydrogens (tertiary/aromatic N) is 1. The van der Waals surface area contributed by atoms with Crippen molar-refractivity contribution in [3.05, 3.63) is 102 Å². The summed E-state index contributed by atoms with van der Waals surface area (Å²) in [7, 11) is 1.61. The van der Waals surface area contributed by atoms with Crippen LogP contribution >= 0.6 is 0 Å². The number of methoxy groups -OCH3 is 1. The van der Waals surface area contributed by atoms with E-state index in [0.717, 1.165) is 28.1 Å². The average molecular weight is 555 g/mol. The first-order valence-corrected chi connectivity index (χ1v) is 14.0. The molecule has 0 aliphatic carbocycles. The van der Waals surface area contributed by atoms with E-state index < -0.39 is 0 Å². The van der Waals surface area contributed by atoms with Gasteiger partial charge in [-0.3, -0.25) is 9.59 Å². The molecule has 0 radical (unpaired) electrons. The summed E-state index contributed by atoms with van der Waals surface area (Å²) in [6, 6.07) is 25.6. The molecule has 6 nitrogen and oxygen atoms in total. The average Bonchev–Trinajstić information content (AvgIpc) is 3.33. The normalized spacial score (nSPS) is 17.0. The van der Waals surface area contributed by atoms with Crippen LogP contribution in [0.2, 0.25) is 0 Å². The number of ether oxygens (including phenoxy) is 2. The Labute approximate surface area is 240 Å². The van der Waals surface area contributed by atoms with E-state index in [1.807, 2.05) is 60.7 Å². The van der Waals surface area contributed by atoms with Crippen LogP contribution in [0.1, 0.15) is 55.1 Å². The number of rotatable bonds is 9. The SMILES string of the molecule is COC1CC(=O)OC(CCn2c(-c3ccc(F)cc3)c(-c3ccccc3)c(C(=O)Nc3ccccc3)c2C(C)C)C1. The van der Waals surface area contributed by atoms with E-state index >= 15 is 0 Å². The maximum atomic E-state index is 14.1. The third-order valence-electron chi connectivity index (χ3n) is 7.52. The van der Waals surface area contributed by atoms with E-state index in [4.69, 9.17) is 9.47 Å². The molecule has 2 atom stereocenters. The van der Waals surface area contributed by atoms with Gasteiger partial charge in [0, 0.05) is 43.4 Å². The number of amides is 1. The van der Waals surface area contributed by atoms with Gasteiger partial charge < -0.3 is 19.4 Å². The fraction of sp³-hybridized carbons (Fsp3) is 0.294. The predicted octanol–water partition coefficient (Wildman–Crippen LogP) is 7.45. The molecule has 212 valence electrons.